The maximum atomic E-state index is 17.2. The normalized spacial score (nSPS) is 32.6. The molecule has 1 aromatic rings. The molecule has 4 aliphatic carbocycles. The molecule has 2 N–H and O–H groups in total. The number of nitro benzene ring substituents is 1. The summed E-state index contributed by atoms with van der Waals surface area (Å²) in [5.41, 5.74) is -6.40. The van der Waals surface area contributed by atoms with Crippen LogP contribution in [-0.4, -0.2) is 70.7 Å². The third-order valence-corrected chi connectivity index (χ3v) is 11.5. The van der Waals surface area contributed by atoms with E-state index in [1.165, 1.54) is 36.4 Å². The first-order valence-corrected chi connectivity index (χ1v) is 17.0. The van der Waals surface area contributed by atoms with Crippen LogP contribution in [0.3, 0.4) is 0 Å². The van der Waals surface area contributed by atoms with Gasteiger partial charge in [0.25, 0.3) is 5.69 Å². The number of amides is 1. The Labute approximate surface area is 288 Å². The fourth-order valence-electron chi connectivity index (χ4n) is 8.76. The third-order valence-electron chi connectivity index (χ3n) is 11.5. The van der Waals surface area contributed by atoms with Crippen LogP contribution < -0.4 is 10.1 Å². The molecular formula is C36H43FN2O11. The number of Topliss-reactive ketones (excluding diaryl/α,β-unsaturated/α-hetero) is 2. The van der Waals surface area contributed by atoms with E-state index in [0.717, 1.165) is 0 Å². The first-order chi connectivity index (χ1) is 23.6. The van der Waals surface area contributed by atoms with E-state index in [-0.39, 0.29) is 49.6 Å². The van der Waals surface area contributed by atoms with Gasteiger partial charge in [-0.1, -0.05) is 38.0 Å². The monoisotopic (exact) mass is 698 g/mol. The molecule has 50 heavy (non-hydrogen) atoms. The zero-order valence-corrected chi connectivity index (χ0v) is 28.4. The zero-order chi connectivity index (χ0) is 36.5. The molecule has 0 saturated heterocycles. The van der Waals surface area contributed by atoms with Gasteiger partial charge in [-0.2, -0.15) is 0 Å². The number of carbonyl (C=O) groups excluding carboxylic acids is 5. The van der Waals surface area contributed by atoms with Gasteiger partial charge in [0.1, 0.15) is 11.4 Å². The Morgan fingerprint density at radius 2 is 1.76 bits per heavy atom. The van der Waals surface area contributed by atoms with E-state index in [4.69, 9.17) is 14.2 Å². The molecule has 0 bridgehead atoms. The Hall–Kier alpha value is -4.46. The number of nitrogens with zero attached hydrogens (tertiary/aromatic N) is 1. The second kappa shape index (κ2) is 14.0. The smallest absolute Gasteiger partial charge is 0.441 e. The Morgan fingerprint density at radius 1 is 1.06 bits per heavy atom. The Bertz CT molecular complexity index is 1630. The van der Waals surface area contributed by atoms with Crippen molar-refractivity contribution in [3.63, 3.8) is 0 Å². The average Bonchev–Trinajstić information content (AvgIpc) is 3.27. The van der Waals surface area contributed by atoms with E-state index < -0.39 is 75.2 Å². The van der Waals surface area contributed by atoms with Crippen molar-refractivity contribution in [2.45, 2.75) is 83.4 Å². The number of hydrogen-bond acceptors (Lipinski definition) is 11. The molecule has 0 aliphatic heterocycles. The van der Waals surface area contributed by atoms with Crippen LogP contribution in [0.4, 0.5) is 19.7 Å². The Morgan fingerprint density at radius 3 is 2.46 bits per heavy atom. The van der Waals surface area contributed by atoms with E-state index in [0.29, 0.717) is 37.7 Å². The maximum Gasteiger partial charge on any atom is 0.513 e. The van der Waals surface area contributed by atoms with Crippen LogP contribution >= 0.6 is 0 Å². The van der Waals surface area contributed by atoms with Gasteiger partial charge in [-0.25, -0.2) is 14.0 Å². The molecule has 2 saturated carbocycles. The minimum absolute atomic E-state index is 0.0566. The number of ether oxygens (including phenoxy) is 3. The highest BCUT2D eigenvalue weighted by atomic mass is 19.1. The second-order valence-electron chi connectivity index (χ2n) is 14.3. The van der Waals surface area contributed by atoms with Gasteiger partial charge in [0, 0.05) is 48.3 Å². The lowest BCUT2D eigenvalue weighted by molar-refractivity contribution is -0.384. The molecule has 1 aromatic carbocycles. The van der Waals surface area contributed by atoms with E-state index in [2.05, 4.69) is 5.32 Å². The lowest BCUT2D eigenvalue weighted by atomic mass is 9.45. The lowest BCUT2D eigenvalue weighted by Crippen LogP contribution is -2.67. The molecule has 5 rings (SSSR count). The minimum atomic E-state index is -2.28. The maximum absolute atomic E-state index is 17.2. The van der Waals surface area contributed by atoms with Crippen molar-refractivity contribution in [2.24, 2.45) is 28.6 Å². The molecule has 0 radical (unpaired) electrons. The zero-order valence-electron chi connectivity index (χ0n) is 28.4. The summed E-state index contributed by atoms with van der Waals surface area (Å²) < 4.78 is 32.4. The number of non-ortho nitro benzene ring substituents is 1. The van der Waals surface area contributed by atoms with Gasteiger partial charge in [0.05, 0.1) is 11.5 Å². The molecule has 0 spiro atoms. The van der Waals surface area contributed by atoms with Crippen molar-refractivity contribution in [1.29, 1.82) is 0 Å². The number of unbranched alkanes of at least 4 members (excludes halogenated alkanes) is 3. The van der Waals surface area contributed by atoms with Gasteiger partial charge in [0.15, 0.2) is 23.8 Å². The molecular weight excluding hydrogens is 655 g/mol. The standard InChI is InChI=1S/C36H43FN2O11/c1-22-18-28-27-13-8-23-19-25(40)14-15-33(23,2)35(27,37)29(41)20-34(28,3)36(22,45)30(42)21-49-31(43)38-16-6-4-5-7-17-48-32(44)50-26-11-9-24(10-12-26)39(46)47/h8-12,14-15,22,27-28,45H,4-7,13,16-21H2,1-3H3,(H,38,43)/t22-,27?,28?,33?,34?,35+,36+/m1/s1. The molecule has 7 atom stereocenters. The first kappa shape index (κ1) is 36.8. The van der Waals surface area contributed by atoms with Crippen LogP contribution in [0.25, 0.3) is 0 Å². The average molecular weight is 699 g/mol. The van der Waals surface area contributed by atoms with Crippen molar-refractivity contribution in [3.8, 4) is 5.75 Å². The van der Waals surface area contributed by atoms with Crippen molar-refractivity contribution >= 4 is 35.3 Å². The molecule has 13 nitrogen and oxygen atoms in total. The number of nitro groups is 1. The highest BCUT2D eigenvalue weighted by molar-refractivity contribution is 5.98. The number of ketones is 3. The lowest BCUT2D eigenvalue weighted by Gasteiger charge is -2.58. The van der Waals surface area contributed by atoms with E-state index in [1.54, 1.807) is 20.8 Å². The number of rotatable bonds is 12. The molecule has 0 aromatic heterocycles. The number of allylic oxidation sites excluding steroid dienone is 4. The number of fused-ring (bicyclic) bond motifs is 5. The van der Waals surface area contributed by atoms with E-state index >= 15 is 4.39 Å². The molecule has 2 fully saturated rings. The van der Waals surface area contributed by atoms with Gasteiger partial charge in [-0.05, 0) is 69.1 Å². The number of benzene rings is 1. The largest absolute Gasteiger partial charge is 0.513 e. The van der Waals surface area contributed by atoms with Crippen molar-refractivity contribution in [2.75, 3.05) is 19.8 Å². The summed E-state index contributed by atoms with van der Waals surface area (Å²) in [5.74, 6) is -3.38. The van der Waals surface area contributed by atoms with E-state index in [1.807, 2.05) is 6.08 Å². The number of nitrogens with one attached hydrogen (secondary N) is 1. The van der Waals surface area contributed by atoms with Crippen LogP contribution in [0, 0.1) is 38.7 Å². The summed E-state index contributed by atoms with van der Waals surface area (Å²) in [6, 6.07) is 5.00. The van der Waals surface area contributed by atoms with Gasteiger partial charge >= 0.3 is 12.2 Å². The summed E-state index contributed by atoms with van der Waals surface area (Å²) in [6.07, 6.45) is 5.60. The molecule has 4 aliphatic rings. The van der Waals surface area contributed by atoms with Gasteiger partial charge < -0.3 is 24.6 Å². The van der Waals surface area contributed by atoms with Crippen molar-refractivity contribution in [1.82, 2.24) is 5.32 Å². The number of carbonyl (C=O) groups is 5. The van der Waals surface area contributed by atoms with Crippen LogP contribution in [-0.2, 0) is 23.9 Å². The SMILES string of the molecule is C[C@@H]1CC2C3CC=C4CC(=O)C=CC4(C)[C@@]3(F)C(=O)CC2(C)[C@@]1(O)C(=O)COC(=O)NCCCCCCOC(=O)Oc1ccc([N+](=O)[O-])cc1. The topological polar surface area (TPSA) is 188 Å². The van der Waals surface area contributed by atoms with Crippen LogP contribution in [0.5, 0.6) is 5.75 Å². The van der Waals surface area contributed by atoms with Crippen LogP contribution in [0.2, 0.25) is 0 Å². The van der Waals surface area contributed by atoms with E-state index in [9.17, 15) is 39.2 Å². The Kier molecular flexibility index (Phi) is 10.3. The summed E-state index contributed by atoms with van der Waals surface area (Å²) in [6.45, 7) is 4.64. The van der Waals surface area contributed by atoms with Crippen molar-refractivity contribution < 1.29 is 52.6 Å². The van der Waals surface area contributed by atoms with Gasteiger partial charge in [-0.15, -0.1) is 0 Å². The Balaban J connectivity index is 1.04. The first-order valence-electron chi connectivity index (χ1n) is 17.0. The predicted octanol–water partition coefficient (Wildman–Crippen LogP) is 5.52. The summed E-state index contributed by atoms with van der Waals surface area (Å²) >= 11 is 0. The van der Waals surface area contributed by atoms with Gasteiger partial charge in [0.2, 0.25) is 5.78 Å². The fourth-order valence-corrected chi connectivity index (χ4v) is 8.76. The molecule has 1 amide bonds. The number of halogens is 1. The van der Waals surface area contributed by atoms with Crippen LogP contribution in [0.1, 0.15) is 72.1 Å². The minimum Gasteiger partial charge on any atom is -0.441 e. The van der Waals surface area contributed by atoms with Crippen LogP contribution in [0.15, 0.2) is 48.1 Å². The number of hydrogen-bond donors (Lipinski definition) is 2. The van der Waals surface area contributed by atoms with Gasteiger partial charge in [-0.3, -0.25) is 24.5 Å². The number of alkyl carbamates (subject to hydrolysis) is 1. The second-order valence-corrected chi connectivity index (χ2v) is 14.3. The summed E-state index contributed by atoms with van der Waals surface area (Å²) in [5, 5.41) is 25.3. The summed E-state index contributed by atoms with van der Waals surface area (Å²) in [4.78, 5) is 73.8. The predicted molar refractivity (Wildman–Crippen MR) is 175 cm³/mol. The molecule has 14 heteroatoms. The number of aliphatic hydroxyl groups is 1. The quantitative estimate of drug-likeness (QED) is 0.0698. The molecule has 270 valence electrons. The highest BCUT2D eigenvalue weighted by Crippen LogP contribution is 2.69. The summed E-state index contributed by atoms with van der Waals surface area (Å²) in [7, 11) is 0. The highest BCUT2D eigenvalue weighted by Gasteiger charge is 2.75. The molecule has 0 heterocycles. The number of alkyl halides is 1. The third kappa shape index (κ3) is 6.33. The van der Waals surface area contributed by atoms with Crippen molar-refractivity contribution in [3.05, 3.63) is 58.2 Å². The molecule has 4 unspecified atom stereocenters. The fraction of sp³-hybridized carbons (Fsp3) is 0.583.